The average Bonchev–Trinajstić information content (AvgIpc) is 3.48. The number of nitrogens with zero attached hydrogens (tertiary/aromatic N) is 1. The third kappa shape index (κ3) is 5.76. The molecule has 0 saturated carbocycles. The van der Waals surface area contributed by atoms with Gasteiger partial charge in [0, 0.05) is 19.7 Å². The van der Waals surface area contributed by atoms with Crippen molar-refractivity contribution < 1.29 is 23.5 Å². The van der Waals surface area contributed by atoms with Crippen LogP contribution in [0.25, 0.3) is 0 Å². The molecule has 168 valence electrons. The van der Waals surface area contributed by atoms with Gasteiger partial charge in [0.15, 0.2) is 12.4 Å². The molecule has 3 rings (SSSR count). The number of carbonyl (C=O) groups excluding carboxylic acids is 3. The van der Waals surface area contributed by atoms with Crippen molar-refractivity contribution in [2.45, 2.75) is 19.4 Å². The van der Waals surface area contributed by atoms with E-state index in [9.17, 15) is 14.4 Å². The average molecular weight is 456 g/mol. The SMILES string of the molecule is CCC(NC(=O)c1ccc(NC(=O)c2ccco2)s1)c1ccccc1OCC(=O)N(C)C. The van der Waals surface area contributed by atoms with Crippen LogP contribution < -0.4 is 15.4 Å². The van der Waals surface area contributed by atoms with E-state index in [2.05, 4.69) is 10.6 Å². The van der Waals surface area contributed by atoms with Crippen LogP contribution in [0.4, 0.5) is 5.00 Å². The molecule has 2 N–H and O–H groups in total. The van der Waals surface area contributed by atoms with Gasteiger partial charge in [-0.2, -0.15) is 0 Å². The predicted octanol–water partition coefficient (Wildman–Crippen LogP) is 3.94. The number of benzene rings is 1. The van der Waals surface area contributed by atoms with Gasteiger partial charge in [-0.15, -0.1) is 11.3 Å². The summed E-state index contributed by atoms with van der Waals surface area (Å²) in [6, 6.07) is 13.5. The summed E-state index contributed by atoms with van der Waals surface area (Å²) >= 11 is 1.17. The summed E-state index contributed by atoms with van der Waals surface area (Å²) in [7, 11) is 3.33. The number of hydrogen-bond acceptors (Lipinski definition) is 6. The minimum Gasteiger partial charge on any atom is -0.483 e. The van der Waals surface area contributed by atoms with Gasteiger partial charge in [-0.1, -0.05) is 25.1 Å². The molecule has 2 aromatic heterocycles. The highest BCUT2D eigenvalue weighted by Crippen LogP contribution is 2.29. The molecule has 32 heavy (non-hydrogen) atoms. The van der Waals surface area contributed by atoms with Crippen LogP contribution in [0.15, 0.2) is 59.2 Å². The van der Waals surface area contributed by atoms with Crippen LogP contribution in [0.2, 0.25) is 0 Å². The number of rotatable bonds is 9. The van der Waals surface area contributed by atoms with Crippen LogP contribution in [0.3, 0.4) is 0 Å². The molecule has 0 saturated heterocycles. The van der Waals surface area contributed by atoms with Crippen LogP contribution in [0.1, 0.15) is 45.2 Å². The van der Waals surface area contributed by atoms with Gasteiger partial charge in [-0.25, -0.2) is 0 Å². The van der Waals surface area contributed by atoms with E-state index in [0.717, 1.165) is 5.56 Å². The van der Waals surface area contributed by atoms with Crippen molar-refractivity contribution in [1.82, 2.24) is 10.2 Å². The largest absolute Gasteiger partial charge is 0.483 e. The first-order valence-electron chi connectivity index (χ1n) is 10.1. The molecule has 3 aromatic rings. The molecule has 8 nitrogen and oxygen atoms in total. The third-order valence-electron chi connectivity index (χ3n) is 4.67. The fourth-order valence-corrected chi connectivity index (χ4v) is 3.71. The molecule has 0 bridgehead atoms. The van der Waals surface area contributed by atoms with Gasteiger partial charge < -0.3 is 24.7 Å². The Morgan fingerprint density at radius 1 is 1.06 bits per heavy atom. The summed E-state index contributed by atoms with van der Waals surface area (Å²) in [6.07, 6.45) is 2.05. The molecule has 0 spiro atoms. The zero-order valence-corrected chi connectivity index (χ0v) is 18.9. The standard InChI is InChI=1S/C23H25N3O5S/c1-4-16(15-8-5-6-9-17(15)31-14-21(27)26(2)3)24-23(29)19-11-12-20(32-19)25-22(28)18-10-7-13-30-18/h5-13,16H,4,14H2,1-3H3,(H,24,29)(H,25,28). The molecule has 0 radical (unpaired) electrons. The summed E-state index contributed by atoms with van der Waals surface area (Å²) in [5, 5.41) is 6.26. The maximum absolute atomic E-state index is 12.8. The highest BCUT2D eigenvalue weighted by Gasteiger charge is 2.20. The molecule has 0 fully saturated rings. The quantitative estimate of drug-likeness (QED) is 0.509. The van der Waals surface area contributed by atoms with Crippen molar-refractivity contribution in [3.63, 3.8) is 0 Å². The summed E-state index contributed by atoms with van der Waals surface area (Å²) in [4.78, 5) is 38.8. The lowest BCUT2D eigenvalue weighted by molar-refractivity contribution is -0.130. The van der Waals surface area contributed by atoms with Gasteiger partial charge in [0.05, 0.1) is 22.2 Å². The first-order valence-corrected chi connectivity index (χ1v) is 10.9. The summed E-state index contributed by atoms with van der Waals surface area (Å²) in [6.45, 7) is 1.87. The van der Waals surface area contributed by atoms with Crippen molar-refractivity contribution in [2.24, 2.45) is 0 Å². The van der Waals surface area contributed by atoms with E-state index in [1.165, 1.54) is 22.5 Å². The minimum atomic E-state index is -0.381. The summed E-state index contributed by atoms with van der Waals surface area (Å²) < 4.78 is 10.8. The molecular weight excluding hydrogens is 430 g/mol. The zero-order valence-electron chi connectivity index (χ0n) is 18.1. The number of carbonyl (C=O) groups is 3. The molecule has 0 aliphatic rings. The Balaban J connectivity index is 1.67. The minimum absolute atomic E-state index is 0.0853. The molecule has 0 aliphatic carbocycles. The molecule has 1 aromatic carbocycles. The normalized spacial score (nSPS) is 11.5. The topological polar surface area (TPSA) is 101 Å². The highest BCUT2D eigenvalue weighted by molar-refractivity contribution is 7.18. The van der Waals surface area contributed by atoms with Crippen LogP contribution in [-0.4, -0.2) is 43.3 Å². The Labute approximate surface area is 190 Å². The second-order valence-electron chi connectivity index (χ2n) is 7.14. The van der Waals surface area contributed by atoms with E-state index in [-0.39, 0.29) is 36.1 Å². The van der Waals surface area contributed by atoms with Crippen LogP contribution in [0.5, 0.6) is 5.75 Å². The summed E-state index contributed by atoms with van der Waals surface area (Å²) in [5.74, 6) is -0.0556. The van der Waals surface area contributed by atoms with E-state index in [1.54, 1.807) is 44.4 Å². The van der Waals surface area contributed by atoms with E-state index in [1.807, 2.05) is 25.1 Å². The van der Waals surface area contributed by atoms with Gasteiger partial charge in [0.1, 0.15) is 5.75 Å². The van der Waals surface area contributed by atoms with E-state index < -0.39 is 0 Å². The zero-order chi connectivity index (χ0) is 23.1. The molecule has 0 aliphatic heterocycles. The number of likely N-dealkylation sites (N-methyl/N-ethyl adjacent to an activating group) is 1. The first-order chi connectivity index (χ1) is 15.4. The number of furan rings is 1. The number of thiophene rings is 1. The van der Waals surface area contributed by atoms with Crippen LogP contribution in [-0.2, 0) is 4.79 Å². The lowest BCUT2D eigenvalue weighted by atomic mass is 10.0. The molecule has 9 heteroatoms. The Bertz CT molecular complexity index is 1080. The van der Waals surface area contributed by atoms with Gasteiger partial charge in [-0.05, 0) is 36.8 Å². The predicted molar refractivity (Wildman–Crippen MR) is 122 cm³/mol. The smallest absolute Gasteiger partial charge is 0.291 e. The second kappa shape index (κ2) is 10.6. The lowest BCUT2D eigenvalue weighted by Gasteiger charge is -2.21. The molecule has 3 amide bonds. The second-order valence-corrected chi connectivity index (χ2v) is 8.23. The molecule has 1 unspecified atom stereocenters. The van der Waals surface area contributed by atoms with Crippen molar-refractivity contribution >= 4 is 34.1 Å². The van der Waals surface area contributed by atoms with E-state index >= 15 is 0 Å². The third-order valence-corrected chi connectivity index (χ3v) is 5.67. The number of anilines is 1. The van der Waals surface area contributed by atoms with Crippen molar-refractivity contribution in [2.75, 3.05) is 26.0 Å². The van der Waals surface area contributed by atoms with E-state index in [0.29, 0.717) is 22.0 Å². The Kier molecular flexibility index (Phi) is 7.67. The van der Waals surface area contributed by atoms with Gasteiger partial charge in [-0.3, -0.25) is 14.4 Å². The Hall–Kier alpha value is -3.59. The summed E-state index contributed by atoms with van der Waals surface area (Å²) in [5.41, 5.74) is 0.790. The number of nitrogens with one attached hydrogen (secondary N) is 2. The molecular formula is C23H25N3O5S. The highest BCUT2D eigenvalue weighted by atomic mass is 32.1. The van der Waals surface area contributed by atoms with Gasteiger partial charge in [0.25, 0.3) is 17.7 Å². The van der Waals surface area contributed by atoms with Crippen molar-refractivity contribution in [1.29, 1.82) is 0 Å². The monoisotopic (exact) mass is 455 g/mol. The molecule has 2 heterocycles. The lowest BCUT2D eigenvalue weighted by Crippen LogP contribution is -2.29. The Morgan fingerprint density at radius 3 is 2.53 bits per heavy atom. The fourth-order valence-electron chi connectivity index (χ4n) is 2.91. The number of para-hydroxylation sites is 1. The van der Waals surface area contributed by atoms with Gasteiger partial charge in [0.2, 0.25) is 0 Å². The number of hydrogen-bond donors (Lipinski definition) is 2. The maximum atomic E-state index is 12.8. The number of ether oxygens (including phenoxy) is 1. The fraction of sp³-hybridized carbons (Fsp3) is 0.261. The first kappa shape index (κ1) is 23.1. The van der Waals surface area contributed by atoms with Crippen molar-refractivity contribution in [3.8, 4) is 5.75 Å². The maximum Gasteiger partial charge on any atom is 0.291 e. The number of amides is 3. The van der Waals surface area contributed by atoms with Crippen LogP contribution in [0, 0.1) is 0 Å². The van der Waals surface area contributed by atoms with Gasteiger partial charge >= 0.3 is 0 Å². The van der Waals surface area contributed by atoms with Crippen molar-refractivity contribution in [3.05, 3.63) is 71.0 Å². The Morgan fingerprint density at radius 2 is 1.84 bits per heavy atom. The van der Waals surface area contributed by atoms with Crippen LogP contribution >= 0.6 is 11.3 Å². The molecule has 1 atom stereocenters. The van der Waals surface area contributed by atoms with E-state index in [4.69, 9.17) is 9.15 Å².